The minimum Gasteiger partial charge on any atom is -0.319 e. The van der Waals surface area contributed by atoms with Gasteiger partial charge in [0.15, 0.2) is 0 Å². The number of rotatable bonds is 6. The maximum Gasteiger partial charge on any atom is 0.121 e. The molecule has 0 saturated heterocycles. The van der Waals surface area contributed by atoms with Crippen LogP contribution in [0.2, 0.25) is 0 Å². The highest BCUT2D eigenvalue weighted by molar-refractivity contribution is 9.09. The van der Waals surface area contributed by atoms with Crippen LogP contribution in [0.5, 0.6) is 0 Å². The summed E-state index contributed by atoms with van der Waals surface area (Å²) >= 11 is 3.53. The monoisotopic (exact) mass is 416 g/mol. The molecule has 0 N–H and O–H groups in total. The molecule has 0 atom stereocenters. The van der Waals surface area contributed by atoms with Crippen LogP contribution in [-0.2, 0) is 12.0 Å². The molecule has 4 rings (SSSR count). The second-order valence-electron chi connectivity index (χ2n) is 6.52. The number of alkyl halides is 1. The molecule has 2 nitrogen and oxygen atoms in total. The lowest BCUT2D eigenvalue weighted by Crippen LogP contribution is -2.36. The van der Waals surface area contributed by atoms with Gasteiger partial charge >= 0.3 is 0 Å². The molecule has 0 unspecified atom stereocenters. The van der Waals surface area contributed by atoms with Crippen molar-refractivity contribution in [1.82, 2.24) is 9.55 Å². The van der Waals surface area contributed by atoms with Gasteiger partial charge in [-0.25, -0.2) is 4.98 Å². The number of benzene rings is 3. The summed E-state index contributed by atoms with van der Waals surface area (Å²) in [6.07, 6.45) is 5.04. The molecular weight excluding hydrogens is 396 g/mol. The fourth-order valence-electron chi connectivity index (χ4n) is 3.76. The van der Waals surface area contributed by atoms with Crippen LogP contribution in [0, 0.1) is 0 Å². The van der Waals surface area contributed by atoms with Gasteiger partial charge in [0.25, 0.3) is 0 Å². The minimum atomic E-state index is -0.471. The Morgan fingerprint density at radius 2 is 1.15 bits per heavy atom. The number of hydrogen-bond donors (Lipinski definition) is 0. The molecule has 3 heteroatoms. The van der Waals surface area contributed by atoms with Crippen molar-refractivity contribution < 1.29 is 0 Å². The molecule has 0 radical (unpaired) electrons. The molecule has 0 aliphatic heterocycles. The molecule has 0 aliphatic rings. The number of hydrogen-bond acceptors (Lipinski definition) is 1. The minimum absolute atomic E-state index is 0.471. The van der Waals surface area contributed by atoms with Crippen LogP contribution < -0.4 is 0 Å². The van der Waals surface area contributed by atoms with E-state index in [0.717, 1.165) is 17.4 Å². The molecule has 0 saturated carbocycles. The zero-order chi connectivity index (χ0) is 18.5. The molecular formula is C24H21BrN2. The van der Waals surface area contributed by atoms with Gasteiger partial charge in [-0.15, -0.1) is 0 Å². The Hall–Kier alpha value is -2.65. The number of halogens is 1. The van der Waals surface area contributed by atoms with Gasteiger partial charge in [-0.2, -0.15) is 0 Å². The molecule has 1 aromatic heterocycles. The molecule has 0 aliphatic carbocycles. The standard InChI is InChI=1S/C24H21BrN2/c25-17-16-23-18-27(19-26-23)24(20-10-4-1-5-11-20,21-12-6-2-7-13-21)22-14-8-3-9-15-22/h1-15,18-19H,16-17H2. The van der Waals surface area contributed by atoms with E-state index in [9.17, 15) is 0 Å². The average Bonchev–Trinajstić information content (AvgIpc) is 3.20. The molecule has 0 amide bonds. The fourth-order valence-corrected chi connectivity index (χ4v) is 4.16. The van der Waals surface area contributed by atoms with Crippen LogP contribution in [0.15, 0.2) is 104 Å². The zero-order valence-electron chi connectivity index (χ0n) is 15.0. The van der Waals surface area contributed by atoms with Crippen molar-refractivity contribution in [3.8, 4) is 0 Å². The van der Waals surface area contributed by atoms with E-state index in [1.165, 1.54) is 16.7 Å². The topological polar surface area (TPSA) is 17.8 Å². The van der Waals surface area contributed by atoms with Crippen molar-refractivity contribution in [1.29, 1.82) is 0 Å². The van der Waals surface area contributed by atoms with Crippen molar-refractivity contribution in [2.24, 2.45) is 0 Å². The third kappa shape index (κ3) is 3.24. The Labute approximate surface area is 168 Å². The maximum absolute atomic E-state index is 4.68. The van der Waals surface area contributed by atoms with Gasteiger partial charge in [-0.3, -0.25) is 0 Å². The lowest BCUT2D eigenvalue weighted by molar-refractivity contribution is 0.514. The van der Waals surface area contributed by atoms with Gasteiger partial charge in [0.2, 0.25) is 0 Å². The van der Waals surface area contributed by atoms with Crippen LogP contribution in [0.4, 0.5) is 0 Å². The number of aryl methyl sites for hydroxylation is 1. The summed E-state index contributed by atoms with van der Waals surface area (Å²) in [6, 6.07) is 32.0. The molecule has 134 valence electrons. The van der Waals surface area contributed by atoms with Gasteiger partial charge in [-0.05, 0) is 16.7 Å². The normalized spacial score (nSPS) is 11.4. The van der Waals surface area contributed by atoms with Crippen LogP contribution in [0.3, 0.4) is 0 Å². The summed E-state index contributed by atoms with van der Waals surface area (Å²) in [5.41, 5.74) is 4.25. The maximum atomic E-state index is 4.68. The Morgan fingerprint density at radius 3 is 1.56 bits per heavy atom. The molecule has 4 aromatic rings. The quantitative estimate of drug-likeness (QED) is 0.292. The summed E-state index contributed by atoms with van der Waals surface area (Å²) in [4.78, 5) is 4.68. The number of imidazole rings is 1. The highest BCUT2D eigenvalue weighted by Gasteiger charge is 2.38. The number of nitrogens with zero attached hydrogens (tertiary/aromatic N) is 2. The van der Waals surface area contributed by atoms with E-state index >= 15 is 0 Å². The first-order valence-corrected chi connectivity index (χ1v) is 10.2. The van der Waals surface area contributed by atoms with Crippen LogP contribution in [0.25, 0.3) is 0 Å². The van der Waals surface area contributed by atoms with Gasteiger partial charge < -0.3 is 4.57 Å². The van der Waals surface area contributed by atoms with Gasteiger partial charge in [0.05, 0.1) is 12.0 Å². The van der Waals surface area contributed by atoms with E-state index in [-0.39, 0.29) is 0 Å². The van der Waals surface area contributed by atoms with E-state index < -0.39 is 5.54 Å². The van der Waals surface area contributed by atoms with Crippen molar-refractivity contribution in [3.05, 3.63) is 126 Å². The van der Waals surface area contributed by atoms with E-state index in [1.54, 1.807) is 0 Å². The van der Waals surface area contributed by atoms with Crippen LogP contribution in [0.1, 0.15) is 22.4 Å². The van der Waals surface area contributed by atoms with E-state index in [4.69, 9.17) is 0 Å². The second kappa shape index (κ2) is 7.93. The van der Waals surface area contributed by atoms with E-state index in [2.05, 4.69) is 123 Å². The molecule has 1 heterocycles. The summed E-state index contributed by atoms with van der Waals surface area (Å²) in [6.45, 7) is 0. The summed E-state index contributed by atoms with van der Waals surface area (Å²) < 4.78 is 2.25. The lowest BCUT2D eigenvalue weighted by atomic mass is 9.77. The average molecular weight is 417 g/mol. The predicted molar refractivity (Wildman–Crippen MR) is 114 cm³/mol. The van der Waals surface area contributed by atoms with Crippen molar-refractivity contribution in [2.75, 3.05) is 5.33 Å². The molecule has 27 heavy (non-hydrogen) atoms. The van der Waals surface area contributed by atoms with Crippen molar-refractivity contribution >= 4 is 15.9 Å². The first kappa shape index (κ1) is 17.7. The van der Waals surface area contributed by atoms with Gasteiger partial charge in [-0.1, -0.05) is 107 Å². The number of aromatic nitrogens is 2. The largest absolute Gasteiger partial charge is 0.319 e. The predicted octanol–water partition coefficient (Wildman–Crippen LogP) is 5.66. The Balaban J connectivity index is 2.06. The highest BCUT2D eigenvalue weighted by atomic mass is 79.9. The van der Waals surface area contributed by atoms with Crippen LogP contribution in [-0.4, -0.2) is 14.9 Å². The highest BCUT2D eigenvalue weighted by Crippen LogP contribution is 2.40. The first-order valence-electron chi connectivity index (χ1n) is 9.11. The summed E-state index contributed by atoms with van der Waals surface area (Å²) in [5, 5.41) is 0.902. The van der Waals surface area contributed by atoms with Crippen LogP contribution >= 0.6 is 15.9 Å². The molecule has 0 fully saturated rings. The smallest absolute Gasteiger partial charge is 0.121 e. The Morgan fingerprint density at radius 1 is 0.704 bits per heavy atom. The third-order valence-corrected chi connectivity index (χ3v) is 5.35. The summed E-state index contributed by atoms with van der Waals surface area (Å²) in [7, 11) is 0. The lowest BCUT2D eigenvalue weighted by Gasteiger charge is -2.37. The van der Waals surface area contributed by atoms with Gasteiger partial charge in [0.1, 0.15) is 5.54 Å². The SMILES string of the molecule is BrCCc1cn(C(c2ccccc2)(c2ccccc2)c2ccccc2)cn1. The molecule has 0 bridgehead atoms. The Bertz CT molecular complexity index is 882. The fraction of sp³-hybridized carbons (Fsp3) is 0.125. The summed E-state index contributed by atoms with van der Waals surface area (Å²) in [5.74, 6) is 0. The third-order valence-electron chi connectivity index (χ3n) is 4.95. The van der Waals surface area contributed by atoms with E-state index in [0.29, 0.717) is 0 Å². The Kier molecular flexibility index (Phi) is 5.21. The van der Waals surface area contributed by atoms with Gasteiger partial charge in [0, 0.05) is 17.9 Å². The molecule has 0 spiro atoms. The zero-order valence-corrected chi connectivity index (χ0v) is 16.6. The molecule has 3 aromatic carbocycles. The second-order valence-corrected chi connectivity index (χ2v) is 7.31. The first-order chi connectivity index (χ1) is 13.4. The van der Waals surface area contributed by atoms with E-state index in [1.807, 2.05) is 6.33 Å². The van der Waals surface area contributed by atoms with Crippen molar-refractivity contribution in [3.63, 3.8) is 0 Å². The van der Waals surface area contributed by atoms with Crippen molar-refractivity contribution in [2.45, 2.75) is 12.0 Å².